The third-order valence-corrected chi connectivity index (χ3v) is 7.25. The van der Waals surface area contributed by atoms with E-state index >= 15 is 0 Å². The molecule has 0 heterocycles. The summed E-state index contributed by atoms with van der Waals surface area (Å²) in [6, 6.07) is 11.6. The quantitative estimate of drug-likeness (QED) is 0.458. The Morgan fingerprint density at radius 1 is 0.926 bits per heavy atom. The molecular weight excluding hydrogens is 326 g/mol. The van der Waals surface area contributed by atoms with E-state index in [0.29, 0.717) is 0 Å². The van der Waals surface area contributed by atoms with Gasteiger partial charge in [0.25, 0.3) is 0 Å². The average Bonchev–Trinajstić information content (AvgIpc) is 2.73. The Morgan fingerprint density at radius 2 is 1.56 bits per heavy atom. The average molecular weight is 364 g/mol. The Morgan fingerprint density at radius 3 is 2.15 bits per heavy atom. The molecule has 2 aliphatic rings. The minimum absolute atomic E-state index is 0.806. The Kier molecular flexibility index (Phi) is 8.00. The summed E-state index contributed by atoms with van der Waals surface area (Å²) in [6.07, 6.45) is 19.9. The van der Waals surface area contributed by atoms with Crippen LogP contribution < -0.4 is 0 Å². The van der Waals surface area contributed by atoms with E-state index in [9.17, 15) is 0 Å². The molecule has 0 aromatic heterocycles. The fraction of sp³-hybridized carbons (Fsp3) is 0.654. The third-order valence-electron chi connectivity index (χ3n) is 7.25. The number of aryl methyl sites for hydroxylation is 1. The summed E-state index contributed by atoms with van der Waals surface area (Å²) in [7, 11) is 0. The zero-order chi connectivity index (χ0) is 18.9. The van der Waals surface area contributed by atoms with Crippen molar-refractivity contribution >= 4 is 0 Å². The molecule has 2 fully saturated rings. The van der Waals surface area contributed by atoms with Crippen LogP contribution in [0.5, 0.6) is 0 Å². The van der Waals surface area contributed by atoms with Crippen molar-refractivity contribution in [3.8, 4) is 6.07 Å². The largest absolute Gasteiger partial charge is 0.193 e. The van der Waals surface area contributed by atoms with Crippen LogP contribution >= 0.6 is 0 Å². The molecule has 27 heavy (non-hydrogen) atoms. The monoisotopic (exact) mass is 363 g/mol. The summed E-state index contributed by atoms with van der Waals surface area (Å²) in [5, 5.41) is 8.57. The van der Waals surface area contributed by atoms with Crippen molar-refractivity contribution < 1.29 is 0 Å². The van der Waals surface area contributed by atoms with Crippen molar-refractivity contribution in [2.45, 2.75) is 89.9 Å². The van der Waals surface area contributed by atoms with Crippen LogP contribution in [-0.4, -0.2) is 0 Å². The highest BCUT2D eigenvalue weighted by atomic mass is 14.4. The Hall–Kier alpha value is -1.55. The van der Waals surface area contributed by atoms with Gasteiger partial charge in [-0.25, -0.2) is 0 Å². The molecule has 0 saturated heterocycles. The molecule has 0 unspecified atom stereocenters. The van der Waals surface area contributed by atoms with Gasteiger partial charge in [0.2, 0.25) is 0 Å². The zero-order valence-corrected chi connectivity index (χ0v) is 17.2. The predicted molar refractivity (Wildman–Crippen MR) is 115 cm³/mol. The predicted octanol–water partition coefficient (Wildman–Crippen LogP) is 7.58. The van der Waals surface area contributed by atoms with Crippen molar-refractivity contribution in [2.24, 2.45) is 17.8 Å². The Bertz CT molecular complexity index is 605. The molecule has 0 bridgehead atoms. The summed E-state index contributed by atoms with van der Waals surface area (Å²) >= 11 is 0. The normalized spacial score (nSPS) is 28.9. The van der Waals surface area contributed by atoms with Crippen LogP contribution in [0.3, 0.4) is 0 Å². The maximum Gasteiger partial charge on any atom is 0.0908 e. The van der Waals surface area contributed by atoms with Crippen molar-refractivity contribution in [2.75, 3.05) is 0 Å². The zero-order valence-electron chi connectivity index (χ0n) is 17.2. The highest BCUT2D eigenvalue weighted by Gasteiger charge is 2.31. The highest BCUT2D eigenvalue weighted by molar-refractivity contribution is 5.26. The molecule has 0 aliphatic heterocycles. The van der Waals surface area contributed by atoms with Gasteiger partial charge in [0.05, 0.1) is 6.07 Å². The Balaban J connectivity index is 1.39. The van der Waals surface area contributed by atoms with Gasteiger partial charge in [-0.1, -0.05) is 56.5 Å². The van der Waals surface area contributed by atoms with E-state index in [0.717, 1.165) is 30.1 Å². The lowest BCUT2D eigenvalue weighted by Crippen LogP contribution is -2.25. The maximum absolute atomic E-state index is 8.57. The molecule has 2 saturated carbocycles. The van der Waals surface area contributed by atoms with Gasteiger partial charge >= 0.3 is 0 Å². The van der Waals surface area contributed by atoms with E-state index in [1.807, 2.05) is 6.08 Å². The number of nitriles is 1. The summed E-state index contributed by atoms with van der Waals surface area (Å²) in [5.74, 6) is 3.69. The summed E-state index contributed by atoms with van der Waals surface area (Å²) in [4.78, 5) is 0. The lowest BCUT2D eigenvalue weighted by molar-refractivity contribution is 0.157. The molecule has 1 aromatic rings. The first-order valence-corrected chi connectivity index (χ1v) is 11.4. The number of benzene rings is 1. The van der Waals surface area contributed by atoms with Crippen LogP contribution in [0.2, 0.25) is 0 Å². The minimum atomic E-state index is 0.806. The second kappa shape index (κ2) is 10.7. The molecule has 3 rings (SSSR count). The van der Waals surface area contributed by atoms with E-state index in [1.54, 1.807) is 11.6 Å². The van der Waals surface area contributed by atoms with Crippen molar-refractivity contribution in [1.29, 1.82) is 5.26 Å². The summed E-state index contributed by atoms with van der Waals surface area (Å²) in [5.41, 5.74) is 3.08. The first-order chi connectivity index (χ1) is 13.3. The highest BCUT2D eigenvalue weighted by Crippen LogP contribution is 2.44. The van der Waals surface area contributed by atoms with Crippen LogP contribution in [0.4, 0.5) is 0 Å². The van der Waals surface area contributed by atoms with Gasteiger partial charge in [-0.15, -0.1) is 0 Å². The standard InChI is InChI=1S/C26H37N/c1-2-6-21-8-12-23(13-9-21)25-16-18-26(19-17-25)24-14-10-22(11-15-24)7-4-3-5-20-27/h3,5,8-9,12-13,22,24-26H,2,4,6-7,10-11,14-19H2,1H3/b5-3+/t22?,24?,25-,26-. The molecule has 0 radical (unpaired) electrons. The minimum Gasteiger partial charge on any atom is -0.193 e. The maximum atomic E-state index is 8.57. The first kappa shape index (κ1) is 20.2. The van der Waals surface area contributed by atoms with E-state index in [4.69, 9.17) is 5.26 Å². The van der Waals surface area contributed by atoms with Crippen LogP contribution in [0.25, 0.3) is 0 Å². The molecule has 0 atom stereocenters. The van der Waals surface area contributed by atoms with E-state index in [1.165, 1.54) is 76.2 Å². The van der Waals surface area contributed by atoms with Crippen LogP contribution in [0.1, 0.15) is 94.6 Å². The topological polar surface area (TPSA) is 23.8 Å². The summed E-state index contributed by atoms with van der Waals surface area (Å²) in [6.45, 7) is 2.26. The fourth-order valence-corrected chi connectivity index (χ4v) is 5.59. The van der Waals surface area contributed by atoms with Crippen molar-refractivity contribution in [3.63, 3.8) is 0 Å². The summed E-state index contributed by atoms with van der Waals surface area (Å²) < 4.78 is 0. The second-order valence-electron chi connectivity index (χ2n) is 8.99. The molecule has 1 heteroatoms. The van der Waals surface area contributed by atoms with E-state index in [2.05, 4.69) is 37.3 Å². The van der Waals surface area contributed by atoms with Crippen molar-refractivity contribution in [1.82, 2.24) is 0 Å². The lowest BCUT2D eigenvalue weighted by Gasteiger charge is -2.38. The van der Waals surface area contributed by atoms with E-state index < -0.39 is 0 Å². The molecule has 0 spiro atoms. The van der Waals surface area contributed by atoms with Gasteiger partial charge in [0, 0.05) is 6.08 Å². The van der Waals surface area contributed by atoms with Crippen LogP contribution in [0.15, 0.2) is 36.4 Å². The number of nitrogens with zero attached hydrogens (tertiary/aromatic N) is 1. The SMILES string of the molecule is CCCc1ccc([C@H]2CC[C@H](C3CCC(CC/C=C/C#N)CC3)CC2)cc1. The van der Waals surface area contributed by atoms with Gasteiger partial charge in [-0.2, -0.15) is 5.26 Å². The second-order valence-corrected chi connectivity index (χ2v) is 8.99. The number of hydrogen-bond acceptors (Lipinski definition) is 1. The molecule has 0 amide bonds. The molecule has 146 valence electrons. The molecule has 2 aliphatic carbocycles. The molecule has 1 nitrogen and oxygen atoms in total. The molecule has 1 aromatic carbocycles. The fourth-order valence-electron chi connectivity index (χ4n) is 5.59. The van der Waals surface area contributed by atoms with Crippen molar-refractivity contribution in [3.05, 3.63) is 47.5 Å². The van der Waals surface area contributed by atoms with Gasteiger partial charge < -0.3 is 0 Å². The number of allylic oxidation sites excluding steroid dienone is 2. The smallest absolute Gasteiger partial charge is 0.0908 e. The van der Waals surface area contributed by atoms with Gasteiger partial charge in [-0.3, -0.25) is 0 Å². The van der Waals surface area contributed by atoms with Crippen LogP contribution in [0, 0.1) is 29.1 Å². The Labute approximate surface area is 166 Å². The molecular formula is C26H37N. The van der Waals surface area contributed by atoms with Gasteiger partial charge in [0.1, 0.15) is 0 Å². The third kappa shape index (κ3) is 5.97. The molecule has 0 N–H and O–H groups in total. The van der Waals surface area contributed by atoms with Crippen LogP contribution in [-0.2, 0) is 6.42 Å². The lowest BCUT2D eigenvalue weighted by atomic mass is 9.68. The van der Waals surface area contributed by atoms with Gasteiger partial charge in [-0.05, 0) is 92.6 Å². The number of hydrogen-bond donors (Lipinski definition) is 0. The van der Waals surface area contributed by atoms with Gasteiger partial charge in [0.15, 0.2) is 0 Å². The van der Waals surface area contributed by atoms with E-state index in [-0.39, 0.29) is 0 Å². The first-order valence-electron chi connectivity index (χ1n) is 11.4. The number of rotatable bonds is 7.